The number of nitrogens with two attached hydrogens (primary N) is 1. The van der Waals surface area contributed by atoms with Crippen LogP contribution >= 0.6 is 27.7 Å². The summed E-state index contributed by atoms with van der Waals surface area (Å²) in [6, 6.07) is 9.26. The van der Waals surface area contributed by atoms with Gasteiger partial charge in [0.2, 0.25) is 0 Å². The Bertz CT molecular complexity index is 623. The first-order valence-electron chi connectivity index (χ1n) is 5.24. The lowest BCUT2D eigenvalue weighted by Crippen LogP contribution is -2.12. The Labute approximate surface area is 121 Å². The zero-order chi connectivity index (χ0) is 14.0. The van der Waals surface area contributed by atoms with Crippen LogP contribution < -0.4 is 5.73 Å². The van der Waals surface area contributed by atoms with E-state index in [1.165, 1.54) is 0 Å². The average Bonchev–Trinajstić information content (AvgIpc) is 2.33. The summed E-state index contributed by atoms with van der Waals surface area (Å²) in [5.74, 6) is -1.82. The minimum absolute atomic E-state index is 0.0357. The molecule has 0 heterocycles. The number of rotatable bonds is 3. The highest BCUT2D eigenvalue weighted by atomic mass is 79.9. The van der Waals surface area contributed by atoms with Crippen molar-refractivity contribution in [3.05, 3.63) is 58.1 Å². The van der Waals surface area contributed by atoms with Crippen molar-refractivity contribution in [2.24, 2.45) is 5.73 Å². The lowest BCUT2D eigenvalue weighted by Gasteiger charge is -2.07. The molecule has 0 radical (unpaired) electrons. The maximum atomic E-state index is 13.8. The first kappa shape index (κ1) is 14.0. The van der Waals surface area contributed by atoms with Crippen LogP contribution in [0.4, 0.5) is 8.78 Å². The summed E-state index contributed by atoms with van der Waals surface area (Å²) in [7, 11) is 0. The van der Waals surface area contributed by atoms with E-state index in [0.29, 0.717) is 4.90 Å². The van der Waals surface area contributed by atoms with E-state index in [-0.39, 0.29) is 16.3 Å². The van der Waals surface area contributed by atoms with Crippen molar-refractivity contribution >= 4 is 33.5 Å². The number of halogens is 3. The number of hydrogen-bond acceptors (Lipinski definition) is 2. The Morgan fingerprint density at radius 3 is 2.32 bits per heavy atom. The van der Waals surface area contributed by atoms with Crippen LogP contribution in [0.5, 0.6) is 0 Å². The first-order chi connectivity index (χ1) is 8.97. The van der Waals surface area contributed by atoms with Crippen molar-refractivity contribution in [3.8, 4) is 0 Å². The Morgan fingerprint density at radius 2 is 1.79 bits per heavy atom. The standard InChI is InChI=1S/C13H9BrF2N2S/c14-8-2-1-3-9(6-8)19-12-10(15)4-7(13(17)18)5-11(12)16/h1-6H,(H3,17,18). The van der Waals surface area contributed by atoms with E-state index in [1.807, 2.05) is 6.07 Å². The zero-order valence-corrected chi connectivity index (χ0v) is 12.0. The predicted molar refractivity (Wildman–Crippen MR) is 75.6 cm³/mol. The molecule has 0 spiro atoms. The maximum Gasteiger partial charge on any atom is 0.140 e. The highest BCUT2D eigenvalue weighted by molar-refractivity contribution is 9.10. The molecule has 0 aromatic heterocycles. The van der Waals surface area contributed by atoms with Gasteiger partial charge in [-0.2, -0.15) is 0 Å². The SMILES string of the molecule is N=C(N)c1cc(F)c(Sc2cccc(Br)c2)c(F)c1. The Morgan fingerprint density at radius 1 is 1.16 bits per heavy atom. The Hall–Kier alpha value is -1.40. The molecular weight excluding hydrogens is 334 g/mol. The summed E-state index contributed by atoms with van der Waals surface area (Å²) in [5, 5.41) is 7.18. The number of nitrogen functional groups attached to an aromatic ring is 1. The normalized spacial score (nSPS) is 10.5. The molecule has 0 aliphatic carbocycles. The molecule has 19 heavy (non-hydrogen) atoms. The highest BCUT2D eigenvalue weighted by Gasteiger charge is 2.14. The van der Waals surface area contributed by atoms with Crippen LogP contribution in [0.25, 0.3) is 0 Å². The second-order valence-corrected chi connectivity index (χ2v) is 5.74. The van der Waals surface area contributed by atoms with Gasteiger partial charge in [0.25, 0.3) is 0 Å². The maximum absolute atomic E-state index is 13.8. The van der Waals surface area contributed by atoms with Crippen molar-refractivity contribution in [1.82, 2.24) is 0 Å². The minimum Gasteiger partial charge on any atom is -0.384 e. The van der Waals surface area contributed by atoms with Crippen molar-refractivity contribution in [2.75, 3.05) is 0 Å². The van der Waals surface area contributed by atoms with Crippen LogP contribution in [0.2, 0.25) is 0 Å². The van der Waals surface area contributed by atoms with E-state index < -0.39 is 11.6 Å². The van der Waals surface area contributed by atoms with Gasteiger partial charge in [0.1, 0.15) is 17.5 Å². The second-order valence-electron chi connectivity index (χ2n) is 3.74. The molecule has 2 rings (SSSR count). The van der Waals surface area contributed by atoms with Gasteiger partial charge in [-0.25, -0.2) is 8.78 Å². The molecule has 2 aromatic carbocycles. The summed E-state index contributed by atoms with van der Waals surface area (Å²) in [4.78, 5) is 0.603. The molecule has 0 aliphatic heterocycles. The predicted octanol–water partition coefficient (Wildman–Crippen LogP) is 4.16. The van der Waals surface area contributed by atoms with Gasteiger partial charge in [-0.15, -0.1) is 0 Å². The van der Waals surface area contributed by atoms with Gasteiger partial charge in [-0.1, -0.05) is 33.8 Å². The molecule has 6 heteroatoms. The topological polar surface area (TPSA) is 49.9 Å². The van der Waals surface area contributed by atoms with Crippen LogP contribution in [0.15, 0.2) is 50.7 Å². The van der Waals surface area contributed by atoms with E-state index in [1.54, 1.807) is 18.2 Å². The van der Waals surface area contributed by atoms with Crippen LogP contribution in [0.3, 0.4) is 0 Å². The van der Waals surface area contributed by atoms with Gasteiger partial charge in [-0.3, -0.25) is 5.41 Å². The quantitative estimate of drug-likeness (QED) is 0.649. The van der Waals surface area contributed by atoms with Gasteiger partial charge in [-0.05, 0) is 30.3 Å². The fourth-order valence-corrected chi connectivity index (χ4v) is 2.89. The van der Waals surface area contributed by atoms with Gasteiger partial charge in [0, 0.05) is 14.9 Å². The molecule has 3 N–H and O–H groups in total. The van der Waals surface area contributed by atoms with Crippen LogP contribution in [-0.2, 0) is 0 Å². The van der Waals surface area contributed by atoms with Gasteiger partial charge in [0.05, 0.1) is 4.90 Å². The lowest BCUT2D eigenvalue weighted by atomic mass is 10.2. The molecule has 0 saturated heterocycles. The van der Waals surface area contributed by atoms with Crippen molar-refractivity contribution in [2.45, 2.75) is 9.79 Å². The van der Waals surface area contributed by atoms with Gasteiger partial charge in [0.15, 0.2) is 0 Å². The van der Waals surface area contributed by atoms with Crippen LogP contribution in [-0.4, -0.2) is 5.84 Å². The molecule has 0 saturated carbocycles. The van der Waals surface area contributed by atoms with Crippen molar-refractivity contribution in [3.63, 3.8) is 0 Å². The molecule has 2 nitrogen and oxygen atoms in total. The molecule has 2 aromatic rings. The number of hydrogen-bond donors (Lipinski definition) is 2. The lowest BCUT2D eigenvalue weighted by molar-refractivity contribution is 0.540. The number of benzene rings is 2. The molecule has 98 valence electrons. The Balaban J connectivity index is 2.38. The second kappa shape index (κ2) is 5.71. The van der Waals surface area contributed by atoms with E-state index in [9.17, 15) is 8.78 Å². The summed E-state index contributed by atoms with van der Waals surface area (Å²) >= 11 is 4.28. The van der Waals surface area contributed by atoms with Gasteiger partial charge >= 0.3 is 0 Å². The molecular formula is C13H9BrF2N2S. The largest absolute Gasteiger partial charge is 0.384 e. The van der Waals surface area contributed by atoms with E-state index in [4.69, 9.17) is 11.1 Å². The third-order valence-corrected chi connectivity index (χ3v) is 3.90. The van der Waals surface area contributed by atoms with Crippen LogP contribution in [0.1, 0.15) is 5.56 Å². The third kappa shape index (κ3) is 3.33. The monoisotopic (exact) mass is 342 g/mol. The summed E-state index contributed by atoms with van der Waals surface area (Å²) in [6.45, 7) is 0. The van der Waals surface area contributed by atoms with Crippen molar-refractivity contribution < 1.29 is 8.78 Å². The first-order valence-corrected chi connectivity index (χ1v) is 6.85. The summed E-state index contributed by atoms with van der Waals surface area (Å²) in [6.07, 6.45) is 0. The molecule has 0 atom stereocenters. The smallest absolute Gasteiger partial charge is 0.140 e. The average molecular weight is 343 g/mol. The number of amidine groups is 1. The fourth-order valence-electron chi connectivity index (χ4n) is 1.46. The molecule has 0 fully saturated rings. The Kier molecular flexibility index (Phi) is 4.21. The molecule has 0 unspecified atom stereocenters. The number of nitrogens with one attached hydrogen (secondary N) is 1. The molecule has 0 bridgehead atoms. The molecule has 0 amide bonds. The van der Waals surface area contributed by atoms with Gasteiger partial charge < -0.3 is 5.73 Å². The van der Waals surface area contributed by atoms with E-state index >= 15 is 0 Å². The molecule has 0 aliphatic rings. The summed E-state index contributed by atoms with van der Waals surface area (Å²) in [5.41, 5.74) is 5.25. The minimum atomic E-state index is -0.727. The zero-order valence-electron chi connectivity index (χ0n) is 9.58. The van der Waals surface area contributed by atoms with E-state index in [0.717, 1.165) is 28.4 Å². The highest BCUT2D eigenvalue weighted by Crippen LogP contribution is 2.33. The van der Waals surface area contributed by atoms with E-state index in [2.05, 4.69) is 15.9 Å². The van der Waals surface area contributed by atoms with Crippen molar-refractivity contribution in [1.29, 1.82) is 5.41 Å². The fraction of sp³-hybridized carbons (Fsp3) is 0. The summed E-state index contributed by atoms with van der Waals surface area (Å²) < 4.78 is 28.5. The van der Waals surface area contributed by atoms with Crippen LogP contribution in [0, 0.1) is 17.0 Å². The third-order valence-electron chi connectivity index (χ3n) is 2.33.